The highest BCUT2D eigenvalue weighted by Gasteiger charge is 2.08. The molecule has 0 saturated heterocycles. The second-order valence-electron chi connectivity index (χ2n) is 3.58. The van der Waals surface area contributed by atoms with Gasteiger partial charge in [-0.2, -0.15) is 5.26 Å². The van der Waals surface area contributed by atoms with Crippen molar-refractivity contribution < 1.29 is 9.90 Å². The summed E-state index contributed by atoms with van der Waals surface area (Å²) in [4.78, 5) is 11.5. The molecule has 90 valence electrons. The van der Waals surface area contributed by atoms with E-state index >= 15 is 0 Å². The second-order valence-corrected chi connectivity index (χ2v) is 3.58. The van der Waals surface area contributed by atoms with Crippen molar-refractivity contribution in [1.82, 2.24) is 5.32 Å². The maximum Gasteiger partial charge on any atom is 0.319 e. The fourth-order valence-electron chi connectivity index (χ4n) is 1.30. The molecule has 5 heteroatoms. The van der Waals surface area contributed by atoms with E-state index in [2.05, 4.69) is 10.6 Å². The summed E-state index contributed by atoms with van der Waals surface area (Å²) < 4.78 is 0. The molecule has 3 N–H and O–H groups in total. The average molecular weight is 233 g/mol. The van der Waals surface area contributed by atoms with Crippen molar-refractivity contribution in [2.45, 2.75) is 19.4 Å². The first kappa shape index (κ1) is 13.0. The van der Waals surface area contributed by atoms with Crippen molar-refractivity contribution in [2.24, 2.45) is 0 Å². The van der Waals surface area contributed by atoms with Gasteiger partial charge >= 0.3 is 6.03 Å². The molecule has 0 aliphatic rings. The van der Waals surface area contributed by atoms with Crippen LogP contribution < -0.4 is 10.6 Å². The third kappa shape index (κ3) is 4.13. The fourth-order valence-corrected chi connectivity index (χ4v) is 1.30. The molecule has 1 aromatic carbocycles. The van der Waals surface area contributed by atoms with Gasteiger partial charge in [0.15, 0.2) is 0 Å². The van der Waals surface area contributed by atoms with E-state index in [4.69, 9.17) is 10.4 Å². The zero-order valence-electron chi connectivity index (χ0n) is 9.60. The maximum atomic E-state index is 11.5. The lowest BCUT2D eigenvalue weighted by Crippen LogP contribution is -2.39. The minimum absolute atomic E-state index is 0.0951. The molecule has 0 fully saturated rings. The number of carbonyl (C=O) groups is 1. The molecule has 5 nitrogen and oxygen atoms in total. The molecular weight excluding hydrogens is 218 g/mol. The molecule has 1 aromatic rings. The molecule has 1 atom stereocenters. The van der Waals surface area contributed by atoms with E-state index in [0.717, 1.165) is 0 Å². The van der Waals surface area contributed by atoms with Crippen molar-refractivity contribution in [3.8, 4) is 6.07 Å². The predicted molar refractivity (Wildman–Crippen MR) is 64.5 cm³/mol. The number of urea groups is 1. The summed E-state index contributed by atoms with van der Waals surface area (Å²) in [5, 5.41) is 22.9. The molecule has 2 amide bonds. The Hall–Kier alpha value is -2.06. The van der Waals surface area contributed by atoms with Crippen LogP contribution in [0.15, 0.2) is 24.3 Å². The number of aliphatic hydroxyl groups is 1. The van der Waals surface area contributed by atoms with Gasteiger partial charge < -0.3 is 15.7 Å². The summed E-state index contributed by atoms with van der Waals surface area (Å²) in [6, 6.07) is 7.98. The number of hydrogen-bond acceptors (Lipinski definition) is 3. The van der Waals surface area contributed by atoms with E-state index in [-0.39, 0.29) is 18.7 Å². The number of aliphatic hydroxyl groups excluding tert-OH is 1. The quantitative estimate of drug-likeness (QED) is 0.735. The Kier molecular flexibility index (Phi) is 4.98. The third-order valence-electron chi connectivity index (χ3n) is 2.30. The van der Waals surface area contributed by atoms with Crippen LogP contribution in [0.3, 0.4) is 0 Å². The number of hydrogen-bond donors (Lipinski definition) is 3. The van der Waals surface area contributed by atoms with Crippen LogP contribution in [0, 0.1) is 11.3 Å². The minimum Gasteiger partial charge on any atom is -0.394 e. The summed E-state index contributed by atoms with van der Waals surface area (Å²) in [5.74, 6) is 0. The Morgan fingerprint density at radius 2 is 2.35 bits per heavy atom. The number of anilines is 1. The molecule has 0 radical (unpaired) electrons. The van der Waals surface area contributed by atoms with E-state index in [1.54, 1.807) is 24.3 Å². The highest BCUT2D eigenvalue weighted by molar-refractivity contribution is 5.89. The van der Waals surface area contributed by atoms with Gasteiger partial charge in [0.25, 0.3) is 0 Å². The average Bonchev–Trinajstić information content (AvgIpc) is 2.36. The molecule has 0 aliphatic heterocycles. The van der Waals surface area contributed by atoms with Gasteiger partial charge in [-0.05, 0) is 24.6 Å². The lowest BCUT2D eigenvalue weighted by Gasteiger charge is -2.14. The SMILES string of the molecule is CCC(CO)NC(=O)Nc1cccc(C#N)c1. The van der Waals surface area contributed by atoms with Crippen molar-refractivity contribution in [1.29, 1.82) is 5.26 Å². The normalized spacial score (nSPS) is 11.4. The number of benzene rings is 1. The van der Waals surface area contributed by atoms with Crippen LogP contribution in [0.5, 0.6) is 0 Å². The highest BCUT2D eigenvalue weighted by Crippen LogP contribution is 2.09. The summed E-state index contributed by atoms with van der Waals surface area (Å²) in [7, 11) is 0. The summed E-state index contributed by atoms with van der Waals surface area (Å²) >= 11 is 0. The van der Waals surface area contributed by atoms with Crippen LogP contribution in [-0.2, 0) is 0 Å². The van der Waals surface area contributed by atoms with Crippen molar-refractivity contribution in [3.63, 3.8) is 0 Å². The van der Waals surface area contributed by atoms with Crippen molar-refractivity contribution >= 4 is 11.7 Å². The number of amides is 2. The molecule has 0 spiro atoms. The maximum absolute atomic E-state index is 11.5. The Morgan fingerprint density at radius 3 is 2.94 bits per heavy atom. The molecular formula is C12H15N3O2. The van der Waals surface area contributed by atoms with Gasteiger partial charge in [0.05, 0.1) is 24.3 Å². The Morgan fingerprint density at radius 1 is 1.59 bits per heavy atom. The van der Waals surface area contributed by atoms with Crippen LogP contribution in [0.2, 0.25) is 0 Å². The van der Waals surface area contributed by atoms with Crippen molar-refractivity contribution in [3.05, 3.63) is 29.8 Å². The summed E-state index contributed by atoms with van der Waals surface area (Å²) in [5.41, 5.74) is 1.03. The largest absolute Gasteiger partial charge is 0.394 e. The van der Waals surface area contributed by atoms with Gasteiger partial charge in [0, 0.05) is 5.69 Å². The highest BCUT2D eigenvalue weighted by atomic mass is 16.3. The van der Waals surface area contributed by atoms with Crippen LogP contribution in [0.1, 0.15) is 18.9 Å². The number of nitrogens with zero attached hydrogens (tertiary/aromatic N) is 1. The van der Waals surface area contributed by atoms with Crippen LogP contribution in [-0.4, -0.2) is 23.8 Å². The lowest BCUT2D eigenvalue weighted by molar-refractivity contribution is 0.222. The van der Waals surface area contributed by atoms with Gasteiger partial charge in [-0.25, -0.2) is 4.79 Å². The third-order valence-corrected chi connectivity index (χ3v) is 2.30. The first-order valence-corrected chi connectivity index (χ1v) is 5.38. The number of nitriles is 1. The van der Waals surface area contributed by atoms with E-state index in [0.29, 0.717) is 17.7 Å². The number of rotatable bonds is 4. The zero-order valence-corrected chi connectivity index (χ0v) is 9.60. The molecule has 0 bridgehead atoms. The van der Waals surface area contributed by atoms with Gasteiger partial charge in [-0.1, -0.05) is 13.0 Å². The molecule has 0 saturated carbocycles. The van der Waals surface area contributed by atoms with Gasteiger partial charge in [0.2, 0.25) is 0 Å². The first-order valence-electron chi connectivity index (χ1n) is 5.38. The van der Waals surface area contributed by atoms with Crippen molar-refractivity contribution in [2.75, 3.05) is 11.9 Å². The van der Waals surface area contributed by atoms with Gasteiger partial charge in [-0.15, -0.1) is 0 Å². The minimum atomic E-state index is -0.388. The second kappa shape index (κ2) is 6.51. The van der Waals surface area contributed by atoms with E-state index < -0.39 is 0 Å². The smallest absolute Gasteiger partial charge is 0.319 e. The number of nitrogens with one attached hydrogen (secondary N) is 2. The van der Waals surface area contributed by atoms with E-state index in [9.17, 15) is 4.79 Å². The number of carbonyl (C=O) groups excluding carboxylic acids is 1. The first-order chi connectivity index (χ1) is 8.19. The molecule has 0 heterocycles. The Balaban J connectivity index is 2.59. The summed E-state index contributed by atoms with van der Waals surface area (Å²) in [6.45, 7) is 1.78. The standard InChI is InChI=1S/C12H15N3O2/c1-2-10(8-16)14-12(17)15-11-5-3-4-9(6-11)7-13/h3-6,10,16H,2,8H2,1H3,(H2,14,15,17). The molecule has 1 unspecified atom stereocenters. The predicted octanol–water partition coefficient (Wildman–Crippen LogP) is 1.45. The molecule has 0 aliphatic carbocycles. The summed E-state index contributed by atoms with van der Waals surface area (Å²) in [6.07, 6.45) is 0.655. The molecule has 17 heavy (non-hydrogen) atoms. The zero-order chi connectivity index (χ0) is 12.7. The van der Waals surface area contributed by atoms with Gasteiger partial charge in [0.1, 0.15) is 0 Å². The van der Waals surface area contributed by atoms with Gasteiger partial charge in [-0.3, -0.25) is 0 Å². The van der Waals surface area contributed by atoms with E-state index in [1.165, 1.54) is 0 Å². The fraction of sp³-hybridized carbons (Fsp3) is 0.333. The topological polar surface area (TPSA) is 85.2 Å². The lowest BCUT2D eigenvalue weighted by atomic mass is 10.2. The Labute approximate surface area is 100 Å². The van der Waals surface area contributed by atoms with Crippen LogP contribution in [0.4, 0.5) is 10.5 Å². The Bertz CT molecular complexity index is 422. The van der Waals surface area contributed by atoms with Crippen LogP contribution in [0.25, 0.3) is 0 Å². The molecule has 1 rings (SSSR count). The van der Waals surface area contributed by atoms with E-state index in [1.807, 2.05) is 13.0 Å². The monoisotopic (exact) mass is 233 g/mol. The molecule has 0 aromatic heterocycles. The van der Waals surface area contributed by atoms with Crippen LogP contribution >= 0.6 is 0 Å².